The fourth-order valence-corrected chi connectivity index (χ4v) is 2.32. The molecule has 2 aromatic carbocycles. The number of aryl methyl sites for hydroxylation is 1. The van der Waals surface area contributed by atoms with Crippen molar-refractivity contribution in [1.82, 2.24) is 15.4 Å². The minimum atomic E-state index is -0.192. The van der Waals surface area contributed by atoms with Crippen LogP contribution in [-0.4, -0.2) is 15.9 Å². The van der Waals surface area contributed by atoms with E-state index in [1.165, 1.54) is 6.33 Å². The van der Waals surface area contributed by atoms with E-state index in [-0.39, 0.29) is 12.3 Å². The molecule has 1 amide bonds. The number of aromatic nitrogens is 2. The normalized spacial score (nSPS) is 10.2. The van der Waals surface area contributed by atoms with Crippen molar-refractivity contribution in [2.75, 3.05) is 16.5 Å². The highest BCUT2D eigenvalue weighted by molar-refractivity contribution is 5.82. The van der Waals surface area contributed by atoms with Gasteiger partial charge in [0.2, 0.25) is 5.91 Å². The molecule has 7 heteroatoms. The van der Waals surface area contributed by atoms with Crippen LogP contribution in [0.2, 0.25) is 0 Å². The Bertz CT molecular complexity index is 880. The van der Waals surface area contributed by atoms with Gasteiger partial charge in [0.25, 0.3) is 0 Å². The third-order valence-electron chi connectivity index (χ3n) is 3.73. The van der Waals surface area contributed by atoms with Crippen LogP contribution in [0.15, 0.2) is 60.9 Å². The molecule has 0 saturated heterocycles. The molecule has 0 fully saturated rings. The molecule has 0 aliphatic carbocycles. The first-order valence-corrected chi connectivity index (χ1v) is 8.15. The van der Waals surface area contributed by atoms with Gasteiger partial charge in [-0.25, -0.2) is 9.97 Å². The number of carbonyl (C=O) groups is 1. The highest BCUT2D eigenvalue weighted by Gasteiger charge is 2.10. The molecular formula is C19H20N6O. The zero-order chi connectivity index (χ0) is 18.4. The predicted octanol–water partition coefficient (Wildman–Crippen LogP) is 2.80. The van der Waals surface area contributed by atoms with Crippen molar-refractivity contribution < 1.29 is 4.79 Å². The molecule has 0 radical (unpaired) electrons. The number of nitrogens with one attached hydrogen (secondary N) is 3. The summed E-state index contributed by atoms with van der Waals surface area (Å²) in [5.74, 6) is 0.599. The summed E-state index contributed by atoms with van der Waals surface area (Å²) in [5, 5.41) is 3.14. The molecule has 1 heterocycles. The number of rotatable bonds is 6. The van der Waals surface area contributed by atoms with Gasteiger partial charge in [0.15, 0.2) is 11.6 Å². The summed E-state index contributed by atoms with van der Waals surface area (Å²) in [5.41, 5.74) is 14.7. The molecule has 7 nitrogen and oxygen atoms in total. The zero-order valence-electron chi connectivity index (χ0n) is 14.4. The molecule has 0 aliphatic rings. The minimum Gasteiger partial charge on any atom is -0.393 e. The van der Waals surface area contributed by atoms with Crippen LogP contribution < -0.4 is 21.9 Å². The number of carbonyl (C=O) groups excluding carboxylic acids is 1. The van der Waals surface area contributed by atoms with Gasteiger partial charge >= 0.3 is 0 Å². The predicted molar refractivity (Wildman–Crippen MR) is 103 cm³/mol. The van der Waals surface area contributed by atoms with Crippen molar-refractivity contribution in [3.63, 3.8) is 0 Å². The average Bonchev–Trinajstić information content (AvgIpc) is 2.65. The molecular weight excluding hydrogens is 328 g/mol. The number of hydrogen-bond acceptors (Lipinski definition) is 6. The van der Waals surface area contributed by atoms with Gasteiger partial charge in [-0.3, -0.25) is 15.6 Å². The summed E-state index contributed by atoms with van der Waals surface area (Å²) in [4.78, 5) is 20.3. The summed E-state index contributed by atoms with van der Waals surface area (Å²) < 4.78 is 0. The van der Waals surface area contributed by atoms with Crippen LogP contribution in [0, 0.1) is 6.92 Å². The molecule has 0 bridgehead atoms. The Morgan fingerprint density at radius 1 is 1.00 bits per heavy atom. The number of nitrogen functional groups attached to an aromatic ring is 1. The standard InChI is InChI=1S/C19H20N6O/c1-13-7-9-15(10-8-13)23-18-17(20)19(22-12-21-18)25-24-16(26)11-14-5-3-2-4-6-14/h2-10,12H,11,20H2,1H3,(H,24,26)(H2,21,22,23,25). The molecule has 0 unspecified atom stereocenters. The van der Waals surface area contributed by atoms with Crippen LogP contribution >= 0.6 is 0 Å². The second kappa shape index (κ2) is 7.98. The van der Waals surface area contributed by atoms with Crippen LogP contribution in [0.3, 0.4) is 0 Å². The van der Waals surface area contributed by atoms with E-state index in [1.54, 1.807) is 0 Å². The maximum Gasteiger partial charge on any atom is 0.242 e. The lowest BCUT2D eigenvalue weighted by atomic mass is 10.1. The maximum absolute atomic E-state index is 12.0. The molecule has 132 valence electrons. The first-order chi connectivity index (χ1) is 12.6. The lowest BCUT2D eigenvalue weighted by Gasteiger charge is -2.13. The summed E-state index contributed by atoms with van der Waals surface area (Å²) in [6, 6.07) is 17.3. The topological polar surface area (TPSA) is 105 Å². The quantitative estimate of drug-likeness (QED) is 0.511. The lowest BCUT2D eigenvalue weighted by Crippen LogP contribution is -2.31. The number of nitrogens with zero attached hydrogens (tertiary/aromatic N) is 2. The van der Waals surface area contributed by atoms with E-state index < -0.39 is 0 Å². The molecule has 1 aromatic heterocycles. The highest BCUT2D eigenvalue weighted by Crippen LogP contribution is 2.25. The van der Waals surface area contributed by atoms with Crippen molar-refractivity contribution in [2.45, 2.75) is 13.3 Å². The van der Waals surface area contributed by atoms with Gasteiger partial charge in [-0.05, 0) is 24.6 Å². The van der Waals surface area contributed by atoms with Crippen LogP contribution in [0.4, 0.5) is 23.0 Å². The maximum atomic E-state index is 12.0. The summed E-state index contributed by atoms with van der Waals surface area (Å²) in [7, 11) is 0. The molecule has 0 atom stereocenters. The summed E-state index contributed by atoms with van der Waals surface area (Å²) in [6.45, 7) is 2.02. The second-order valence-corrected chi connectivity index (χ2v) is 5.81. The first kappa shape index (κ1) is 17.2. The fraction of sp³-hybridized carbons (Fsp3) is 0.105. The van der Waals surface area contributed by atoms with E-state index in [1.807, 2.05) is 61.5 Å². The Hall–Kier alpha value is -3.61. The van der Waals surface area contributed by atoms with Crippen molar-refractivity contribution in [1.29, 1.82) is 0 Å². The van der Waals surface area contributed by atoms with Crippen molar-refractivity contribution in [2.24, 2.45) is 0 Å². The lowest BCUT2D eigenvalue weighted by molar-refractivity contribution is -0.119. The third-order valence-corrected chi connectivity index (χ3v) is 3.73. The Kier molecular flexibility index (Phi) is 5.28. The van der Waals surface area contributed by atoms with Crippen molar-refractivity contribution in [3.8, 4) is 0 Å². The van der Waals surface area contributed by atoms with E-state index in [4.69, 9.17) is 5.73 Å². The van der Waals surface area contributed by atoms with Crippen LogP contribution in [-0.2, 0) is 11.2 Å². The van der Waals surface area contributed by atoms with Gasteiger partial charge in [0.05, 0.1) is 6.42 Å². The van der Waals surface area contributed by atoms with Crippen molar-refractivity contribution >= 4 is 28.9 Å². The Morgan fingerprint density at radius 2 is 1.69 bits per heavy atom. The molecule has 5 N–H and O–H groups in total. The molecule has 0 saturated carbocycles. The van der Waals surface area contributed by atoms with Gasteiger partial charge in [-0.1, -0.05) is 48.0 Å². The molecule has 0 aliphatic heterocycles. The fourth-order valence-electron chi connectivity index (χ4n) is 2.32. The van der Waals surface area contributed by atoms with Crippen LogP contribution in [0.25, 0.3) is 0 Å². The number of benzene rings is 2. The highest BCUT2D eigenvalue weighted by atomic mass is 16.2. The van der Waals surface area contributed by atoms with Gasteiger partial charge in [0, 0.05) is 5.69 Å². The molecule has 0 spiro atoms. The summed E-state index contributed by atoms with van der Waals surface area (Å²) in [6.07, 6.45) is 1.63. The summed E-state index contributed by atoms with van der Waals surface area (Å²) >= 11 is 0. The van der Waals surface area contributed by atoms with Gasteiger partial charge in [-0.2, -0.15) is 0 Å². The number of anilines is 4. The number of hydrazine groups is 1. The number of amides is 1. The third kappa shape index (κ3) is 4.47. The number of nitrogens with two attached hydrogens (primary N) is 1. The zero-order valence-corrected chi connectivity index (χ0v) is 14.4. The van der Waals surface area contributed by atoms with Crippen LogP contribution in [0.5, 0.6) is 0 Å². The minimum absolute atomic E-state index is 0.192. The first-order valence-electron chi connectivity index (χ1n) is 8.15. The van der Waals surface area contributed by atoms with Crippen LogP contribution in [0.1, 0.15) is 11.1 Å². The molecule has 26 heavy (non-hydrogen) atoms. The second-order valence-electron chi connectivity index (χ2n) is 5.81. The Labute approximate surface area is 151 Å². The van der Waals surface area contributed by atoms with E-state index >= 15 is 0 Å². The average molecular weight is 348 g/mol. The smallest absolute Gasteiger partial charge is 0.242 e. The Morgan fingerprint density at radius 3 is 2.42 bits per heavy atom. The van der Waals surface area contributed by atoms with E-state index in [0.717, 1.165) is 16.8 Å². The van der Waals surface area contributed by atoms with E-state index in [0.29, 0.717) is 17.3 Å². The van der Waals surface area contributed by atoms with Gasteiger partial charge in [0.1, 0.15) is 12.0 Å². The largest absolute Gasteiger partial charge is 0.393 e. The van der Waals surface area contributed by atoms with Gasteiger partial charge < -0.3 is 11.1 Å². The SMILES string of the molecule is Cc1ccc(Nc2ncnc(NNC(=O)Cc3ccccc3)c2N)cc1. The molecule has 3 rings (SSSR count). The van der Waals surface area contributed by atoms with Crippen molar-refractivity contribution in [3.05, 3.63) is 72.1 Å². The Balaban J connectivity index is 1.63. The number of hydrogen-bond donors (Lipinski definition) is 4. The van der Waals surface area contributed by atoms with E-state index in [2.05, 4.69) is 26.1 Å². The molecule has 3 aromatic rings. The van der Waals surface area contributed by atoms with Gasteiger partial charge in [-0.15, -0.1) is 0 Å². The van der Waals surface area contributed by atoms with E-state index in [9.17, 15) is 4.79 Å². The monoisotopic (exact) mass is 348 g/mol.